The summed E-state index contributed by atoms with van der Waals surface area (Å²) >= 11 is 3.46. The standard InChI is InChI=1S/C14H17BrN2/c1-14(2)11(7-9-16)8-10-17(14)13-5-3-12(15)4-6-13/h3-6,11H,7-8,10H2,1-2H3. The van der Waals surface area contributed by atoms with Crippen molar-refractivity contribution in [3.8, 4) is 6.07 Å². The summed E-state index contributed by atoms with van der Waals surface area (Å²) < 4.78 is 1.10. The summed E-state index contributed by atoms with van der Waals surface area (Å²) in [6.45, 7) is 5.52. The number of hydrogen-bond acceptors (Lipinski definition) is 2. The van der Waals surface area contributed by atoms with Crippen LogP contribution in [0.15, 0.2) is 28.7 Å². The molecule has 90 valence electrons. The van der Waals surface area contributed by atoms with Crippen LogP contribution in [0.25, 0.3) is 0 Å². The molecule has 0 amide bonds. The zero-order chi connectivity index (χ0) is 12.5. The van der Waals surface area contributed by atoms with Crippen molar-refractivity contribution < 1.29 is 0 Å². The summed E-state index contributed by atoms with van der Waals surface area (Å²) in [5.74, 6) is 0.469. The Labute approximate surface area is 111 Å². The molecule has 0 saturated carbocycles. The number of rotatable bonds is 2. The van der Waals surface area contributed by atoms with Gasteiger partial charge in [-0.25, -0.2) is 0 Å². The maximum absolute atomic E-state index is 8.88. The SMILES string of the molecule is CC1(C)C(CC#N)CCN1c1ccc(Br)cc1. The van der Waals surface area contributed by atoms with E-state index in [-0.39, 0.29) is 5.54 Å². The fourth-order valence-electron chi connectivity index (χ4n) is 2.69. The van der Waals surface area contributed by atoms with Crippen molar-refractivity contribution in [1.82, 2.24) is 0 Å². The first-order chi connectivity index (χ1) is 8.05. The molecule has 1 aromatic carbocycles. The van der Waals surface area contributed by atoms with Gasteiger partial charge < -0.3 is 4.90 Å². The highest BCUT2D eigenvalue weighted by molar-refractivity contribution is 9.10. The van der Waals surface area contributed by atoms with Gasteiger partial charge in [-0.3, -0.25) is 0 Å². The quantitative estimate of drug-likeness (QED) is 0.825. The Morgan fingerprint density at radius 3 is 2.65 bits per heavy atom. The third kappa shape index (κ3) is 2.32. The Bertz CT molecular complexity index is 431. The largest absolute Gasteiger partial charge is 0.366 e. The van der Waals surface area contributed by atoms with E-state index in [0.717, 1.165) is 17.4 Å². The lowest BCUT2D eigenvalue weighted by molar-refractivity contribution is 0.371. The van der Waals surface area contributed by atoms with Gasteiger partial charge in [-0.2, -0.15) is 5.26 Å². The number of anilines is 1. The Kier molecular flexibility index (Phi) is 3.44. The number of hydrogen-bond donors (Lipinski definition) is 0. The van der Waals surface area contributed by atoms with Crippen molar-refractivity contribution in [3.05, 3.63) is 28.7 Å². The van der Waals surface area contributed by atoms with Crippen LogP contribution in [-0.4, -0.2) is 12.1 Å². The Morgan fingerprint density at radius 2 is 2.06 bits per heavy atom. The highest BCUT2D eigenvalue weighted by Crippen LogP contribution is 2.39. The van der Waals surface area contributed by atoms with Gasteiger partial charge >= 0.3 is 0 Å². The second-order valence-corrected chi connectivity index (χ2v) is 6.05. The zero-order valence-corrected chi connectivity index (χ0v) is 11.9. The van der Waals surface area contributed by atoms with Crippen LogP contribution < -0.4 is 4.90 Å². The Morgan fingerprint density at radius 1 is 1.41 bits per heavy atom. The van der Waals surface area contributed by atoms with E-state index in [1.807, 2.05) is 0 Å². The molecule has 17 heavy (non-hydrogen) atoms. The van der Waals surface area contributed by atoms with Gasteiger partial charge in [0.15, 0.2) is 0 Å². The number of halogens is 1. The molecule has 1 aliphatic heterocycles. The van der Waals surface area contributed by atoms with E-state index in [9.17, 15) is 0 Å². The van der Waals surface area contributed by atoms with E-state index < -0.39 is 0 Å². The third-order valence-corrected chi connectivity index (χ3v) is 4.40. The molecular weight excluding hydrogens is 276 g/mol. The molecule has 1 fully saturated rings. The summed E-state index contributed by atoms with van der Waals surface area (Å²) in [6, 6.07) is 10.7. The highest BCUT2D eigenvalue weighted by atomic mass is 79.9. The van der Waals surface area contributed by atoms with Gasteiger partial charge in [0.2, 0.25) is 0 Å². The number of benzene rings is 1. The summed E-state index contributed by atoms with van der Waals surface area (Å²) in [4.78, 5) is 2.42. The van der Waals surface area contributed by atoms with Gasteiger partial charge in [0, 0.05) is 28.7 Å². The molecule has 0 N–H and O–H groups in total. The molecule has 0 aromatic heterocycles. The molecule has 0 spiro atoms. The first-order valence-electron chi connectivity index (χ1n) is 5.96. The fraction of sp³-hybridized carbons (Fsp3) is 0.500. The smallest absolute Gasteiger partial charge is 0.0625 e. The van der Waals surface area contributed by atoms with Crippen LogP contribution in [0, 0.1) is 17.2 Å². The van der Waals surface area contributed by atoms with Gasteiger partial charge in [0.25, 0.3) is 0 Å². The lowest BCUT2D eigenvalue weighted by Crippen LogP contribution is -2.42. The predicted octanol–water partition coefficient (Wildman–Crippen LogP) is 3.97. The molecule has 0 aliphatic carbocycles. The van der Waals surface area contributed by atoms with Crippen LogP contribution in [0.2, 0.25) is 0 Å². The second kappa shape index (κ2) is 4.70. The highest BCUT2D eigenvalue weighted by Gasteiger charge is 2.40. The average molecular weight is 293 g/mol. The first-order valence-corrected chi connectivity index (χ1v) is 6.75. The first kappa shape index (κ1) is 12.4. The van der Waals surface area contributed by atoms with Gasteiger partial charge in [-0.15, -0.1) is 0 Å². The summed E-state index contributed by atoms with van der Waals surface area (Å²) in [5, 5.41) is 8.88. The van der Waals surface area contributed by atoms with Crippen LogP contribution in [0.1, 0.15) is 26.7 Å². The number of nitriles is 1. The van der Waals surface area contributed by atoms with Gasteiger partial charge in [-0.1, -0.05) is 15.9 Å². The summed E-state index contributed by atoms with van der Waals surface area (Å²) in [7, 11) is 0. The van der Waals surface area contributed by atoms with Crippen molar-refractivity contribution in [1.29, 1.82) is 5.26 Å². The van der Waals surface area contributed by atoms with Crippen molar-refractivity contribution in [2.45, 2.75) is 32.2 Å². The van der Waals surface area contributed by atoms with Gasteiger partial charge in [0.05, 0.1) is 6.07 Å². The van der Waals surface area contributed by atoms with Crippen LogP contribution in [0.3, 0.4) is 0 Å². The van der Waals surface area contributed by atoms with Crippen LogP contribution in [0.4, 0.5) is 5.69 Å². The predicted molar refractivity (Wildman–Crippen MR) is 73.9 cm³/mol. The minimum atomic E-state index is 0.0730. The van der Waals surface area contributed by atoms with E-state index in [0.29, 0.717) is 12.3 Å². The Hall–Kier alpha value is -1.01. The van der Waals surface area contributed by atoms with Crippen molar-refractivity contribution in [2.24, 2.45) is 5.92 Å². The molecule has 2 rings (SSSR count). The maximum atomic E-state index is 8.88. The number of nitrogens with zero attached hydrogens (tertiary/aromatic N) is 2. The van der Waals surface area contributed by atoms with E-state index in [1.54, 1.807) is 0 Å². The lowest BCUT2D eigenvalue weighted by Gasteiger charge is -2.37. The van der Waals surface area contributed by atoms with Crippen molar-refractivity contribution in [2.75, 3.05) is 11.4 Å². The van der Waals surface area contributed by atoms with Crippen molar-refractivity contribution in [3.63, 3.8) is 0 Å². The molecule has 3 heteroatoms. The molecular formula is C14H17BrN2. The molecule has 1 heterocycles. The topological polar surface area (TPSA) is 27.0 Å². The summed E-state index contributed by atoms with van der Waals surface area (Å²) in [5.41, 5.74) is 1.32. The Balaban J connectivity index is 2.24. The molecule has 0 bridgehead atoms. The van der Waals surface area contributed by atoms with Crippen LogP contribution >= 0.6 is 15.9 Å². The third-order valence-electron chi connectivity index (χ3n) is 3.87. The van der Waals surface area contributed by atoms with E-state index in [2.05, 4.69) is 65.0 Å². The monoisotopic (exact) mass is 292 g/mol. The van der Waals surface area contributed by atoms with E-state index in [4.69, 9.17) is 5.26 Å². The summed E-state index contributed by atoms with van der Waals surface area (Å²) in [6.07, 6.45) is 1.76. The average Bonchev–Trinajstić information content (AvgIpc) is 2.57. The zero-order valence-electron chi connectivity index (χ0n) is 10.3. The van der Waals surface area contributed by atoms with E-state index >= 15 is 0 Å². The molecule has 1 saturated heterocycles. The minimum Gasteiger partial charge on any atom is -0.366 e. The van der Waals surface area contributed by atoms with Gasteiger partial charge in [-0.05, 0) is 50.5 Å². The van der Waals surface area contributed by atoms with Gasteiger partial charge in [0.1, 0.15) is 0 Å². The van der Waals surface area contributed by atoms with Crippen molar-refractivity contribution >= 4 is 21.6 Å². The normalized spacial score (nSPS) is 22.5. The maximum Gasteiger partial charge on any atom is 0.0625 e. The fourth-order valence-corrected chi connectivity index (χ4v) is 2.96. The second-order valence-electron chi connectivity index (χ2n) is 5.13. The lowest BCUT2D eigenvalue weighted by atomic mass is 9.86. The molecule has 1 aliphatic rings. The molecule has 1 aromatic rings. The van der Waals surface area contributed by atoms with E-state index in [1.165, 1.54) is 5.69 Å². The molecule has 0 radical (unpaired) electrons. The van der Waals surface area contributed by atoms with Crippen LogP contribution in [0.5, 0.6) is 0 Å². The molecule has 2 nitrogen and oxygen atoms in total. The minimum absolute atomic E-state index is 0.0730. The molecule has 1 unspecified atom stereocenters. The van der Waals surface area contributed by atoms with Crippen LogP contribution in [-0.2, 0) is 0 Å². The molecule has 1 atom stereocenters.